The summed E-state index contributed by atoms with van der Waals surface area (Å²) in [7, 11) is 1.67. The second-order valence-corrected chi connectivity index (χ2v) is 4.82. The van der Waals surface area contributed by atoms with E-state index in [4.69, 9.17) is 9.47 Å². The van der Waals surface area contributed by atoms with Gasteiger partial charge in [0.1, 0.15) is 5.75 Å². The Morgan fingerprint density at radius 3 is 2.75 bits per heavy atom. The van der Waals surface area contributed by atoms with E-state index in [1.54, 1.807) is 7.11 Å². The van der Waals surface area contributed by atoms with Crippen LogP contribution in [0.2, 0.25) is 0 Å². The third-order valence-electron chi connectivity index (χ3n) is 3.27. The third-order valence-corrected chi connectivity index (χ3v) is 3.27. The molecule has 1 N–H and O–H groups in total. The minimum absolute atomic E-state index is 0.0459. The molecule has 110 valence electrons. The number of likely N-dealkylation sites (tertiary alicyclic amines) is 1. The molecular formula is C15H22N2O3. The van der Waals surface area contributed by atoms with E-state index in [1.165, 1.54) is 0 Å². The van der Waals surface area contributed by atoms with Crippen molar-refractivity contribution < 1.29 is 14.3 Å². The number of carbonyl (C=O) groups is 1. The van der Waals surface area contributed by atoms with Crippen molar-refractivity contribution in [3.8, 4) is 5.75 Å². The normalized spacial score (nSPS) is 14.3. The maximum absolute atomic E-state index is 12.1. The molecule has 0 unspecified atom stereocenters. The van der Waals surface area contributed by atoms with Crippen LogP contribution in [0.5, 0.6) is 5.75 Å². The Bertz CT molecular complexity index is 431. The van der Waals surface area contributed by atoms with Crippen molar-refractivity contribution in [3.05, 3.63) is 24.3 Å². The van der Waals surface area contributed by atoms with Crippen molar-refractivity contribution in [3.63, 3.8) is 0 Å². The minimum atomic E-state index is -0.0459. The molecule has 1 heterocycles. The second-order valence-electron chi connectivity index (χ2n) is 4.82. The van der Waals surface area contributed by atoms with Gasteiger partial charge in [0.2, 0.25) is 0 Å². The smallest absolute Gasteiger partial charge is 0.321 e. The summed E-state index contributed by atoms with van der Waals surface area (Å²) in [6.07, 6.45) is 3.00. The minimum Gasteiger partial charge on any atom is -0.491 e. The molecule has 0 radical (unpaired) electrons. The van der Waals surface area contributed by atoms with Crippen LogP contribution >= 0.6 is 0 Å². The second kappa shape index (κ2) is 7.75. The molecule has 0 atom stereocenters. The number of amides is 2. The summed E-state index contributed by atoms with van der Waals surface area (Å²) in [4.78, 5) is 13.9. The van der Waals surface area contributed by atoms with Gasteiger partial charge in [-0.1, -0.05) is 12.1 Å². The van der Waals surface area contributed by atoms with Crippen LogP contribution < -0.4 is 10.1 Å². The van der Waals surface area contributed by atoms with Crippen molar-refractivity contribution >= 4 is 11.7 Å². The lowest BCUT2D eigenvalue weighted by Gasteiger charge is -2.18. The monoisotopic (exact) mass is 278 g/mol. The molecule has 0 aromatic heterocycles. The van der Waals surface area contributed by atoms with Gasteiger partial charge in [-0.15, -0.1) is 0 Å². The highest BCUT2D eigenvalue weighted by Gasteiger charge is 2.18. The molecule has 0 spiro atoms. The number of carbonyl (C=O) groups excluding carboxylic acids is 1. The van der Waals surface area contributed by atoms with Crippen molar-refractivity contribution in [2.45, 2.75) is 19.3 Å². The van der Waals surface area contributed by atoms with E-state index in [0.29, 0.717) is 19.0 Å². The van der Waals surface area contributed by atoms with Crippen LogP contribution in [0.3, 0.4) is 0 Å². The van der Waals surface area contributed by atoms with Crippen molar-refractivity contribution in [1.29, 1.82) is 0 Å². The number of benzene rings is 1. The molecule has 0 aliphatic carbocycles. The van der Waals surface area contributed by atoms with E-state index >= 15 is 0 Å². The first-order chi connectivity index (χ1) is 9.81. The predicted molar refractivity (Wildman–Crippen MR) is 78.3 cm³/mol. The van der Waals surface area contributed by atoms with Crippen molar-refractivity contribution in [2.75, 3.05) is 38.7 Å². The van der Waals surface area contributed by atoms with E-state index in [-0.39, 0.29) is 6.03 Å². The van der Waals surface area contributed by atoms with Gasteiger partial charge in [-0.05, 0) is 25.0 Å². The van der Waals surface area contributed by atoms with Gasteiger partial charge in [0, 0.05) is 33.2 Å². The standard InChI is InChI=1S/C15H22N2O3/c1-19-11-6-12-20-14-8-3-2-7-13(14)16-15(18)17-9-4-5-10-17/h2-3,7-8H,4-6,9-12H2,1H3,(H,16,18). The summed E-state index contributed by atoms with van der Waals surface area (Å²) in [6.45, 7) is 2.91. The summed E-state index contributed by atoms with van der Waals surface area (Å²) in [5.41, 5.74) is 0.724. The highest BCUT2D eigenvalue weighted by atomic mass is 16.5. The molecule has 2 amide bonds. The summed E-state index contributed by atoms with van der Waals surface area (Å²) in [5.74, 6) is 0.705. The van der Waals surface area contributed by atoms with Crippen LogP contribution in [0.4, 0.5) is 10.5 Å². The van der Waals surface area contributed by atoms with Crippen LogP contribution in [0.15, 0.2) is 24.3 Å². The Morgan fingerprint density at radius 2 is 2.00 bits per heavy atom. The molecule has 2 rings (SSSR count). The zero-order valence-electron chi connectivity index (χ0n) is 11.9. The molecule has 20 heavy (non-hydrogen) atoms. The van der Waals surface area contributed by atoms with Crippen LogP contribution in [0.1, 0.15) is 19.3 Å². The number of nitrogens with one attached hydrogen (secondary N) is 1. The molecule has 1 aliphatic heterocycles. The van der Waals surface area contributed by atoms with E-state index in [2.05, 4.69) is 5.32 Å². The maximum atomic E-state index is 12.1. The van der Waals surface area contributed by atoms with Crippen LogP contribution in [-0.4, -0.2) is 44.3 Å². The number of para-hydroxylation sites is 2. The number of urea groups is 1. The Kier molecular flexibility index (Phi) is 5.68. The lowest BCUT2D eigenvalue weighted by Crippen LogP contribution is -2.32. The number of hydrogen-bond acceptors (Lipinski definition) is 3. The number of methoxy groups -OCH3 is 1. The lowest BCUT2D eigenvalue weighted by molar-refractivity contribution is 0.172. The Morgan fingerprint density at radius 1 is 1.25 bits per heavy atom. The SMILES string of the molecule is COCCCOc1ccccc1NC(=O)N1CCCC1. The Balaban J connectivity index is 1.91. The van der Waals surface area contributed by atoms with Gasteiger partial charge in [-0.25, -0.2) is 4.79 Å². The number of ether oxygens (including phenoxy) is 2. The first-order valence-electron chi connectivity index (χ1n) is 7.08. The fourth-order valence-electron chi connectivity index (χ4n) is 2.20. The molecule has 5 nitrogen and oxygen atoms in total. The number of rotatable bonds is 6. The fraction of sp³-hybridized carbons (Fsp3) is 0.533. The van der Waals surface area contributed by atoms with Gasteiger partial charge in [0.05, 0.1) is 12.3 Å². The molecule has 1 fully saturated rings. The molecule has 0 bridgehead atoms. The zero-order valence-corrected chi connectivity index (χ0v) is 11.9. The lowest BCUT2D eigenvalue weighted by atomic mass is 10.3. The number of anilines is 1. The van der Waals surface area contributed by atoms with Crippen LogP contribution in [-0.2, 0) is 4.74 Å². The van der Waals surface area contributed by atoms with Gasteiger partial charge in [-0.3, -0.25) is 0 Å². The first-order valence-corrected chi connectivity index (χ1v) is 7.08. The molecule has 0 saturated carbocycles. The number of hydrogen-bond donors (Lipinski definition) is 1. The summed E-state index contributed by atoms with van der Waals surface area (Å²) in [5, 5.41) is 2.92. The van der Waals surface area contributed by atoms with Gasteiger partial charge >= 0.3 is 6.03 Å². The molecule has 1 aliphatic rings. The molecule has 1 aromatic carbocycles. The highest BCUT2D eigenvalue weighted by Crippen LogP contribution is 2.24. The summed E-state index contributed by atoms with van der Waals surface area (Å²) in [6, 6.07) is 7.47. The van der Waals surface area contributed by atoms with Crippen molar-refractivity contribution in [2.24, 2.45) is 0 Å². The molecule has 1 aromatic rings. The van der Waals surface area contributed by atoms with E-state index < -0.39 is 0 Å². The highest BCUT2D eigenvalue weighted by molar-refractivity contribution is 5.91. The van der Waals surface area contributed by atoms with Gasteiger partial charge in [0.25, 0.3) is 0 Å². The fourth-order valence-corrected chi connectivity index (χ4v) is 2.20. The average Bonchev–Trinajstić information content (AvgIpc) is 2.99. The van der Waals surface area contributed by atoms with E-state index in [1.807, 2.05) is 29.2 Å². The van der Waals surface area contributed by atoms with Gasteiger partial charge in [0.15, 0.2) is 0 Å². The van der Waals surface area contributed by atoms with Crippen molar-refractivity contribution in [1.82, 2.24) is 4.90 Å². The molecular weight excluding hydrogens is 256 g/mol. The largest absolute Gasteiger partial charge is 0.491 e. The zero-order chi connectivity index (χ0) is 14.2. The number of nitrogens with zero attached hydrogens (tertiary/aromatic N) is 1. The van der Waals surface area contributed by atoms with E-state index in [9.17, 15) is 4.79 Å². The van der Waals surface area contributed by atoms with Gasteiger partial charge < -0.3 is 19.7 Å². The average molecular weight is 278 g/mol. The Labute approximate surface area is 119 Å². The van der Waals surface area contributed by atoms with Crippen LogP contribution in [0, 0.1) is 0 Å². The van der Waals surface area contributed by atoms with E-state index in [0.717, 1.165) is 38.0 Å². The summed E-state index contributed by atoms with van der Waals surface area (Å²) >= 11 is 0. The maximum Gasteiger partial charge on any atom is 0.321 e. The van der Waals surface area contributed by atoms with Crippen LogP contribution in [0.25, 0.3) is 0 Å². The molecule has 1 saturated heterocycles. The third kappa shape index (κ3) is 4.13. The molecule has 5 heteroatoms. The first kappa shape index (κ1) is 14.7. The quantitative estimate of drug-likeness (QED) is 0.814. The Hall–Kier alpha value is -1.75. The topological polar surface area (TPSA) is 50.8 Å². The predicted octanol–water partition coefficient (Wildman–Crippen LogP) is 2.73. The van der Waals surface area contributed by atoms with Gasteiger partial charge in [-0.2, -0.15) is 0 Å². The summed E-state index contributed by atoms with van der Waals surface area (Å²) < 4.78 is 10.7.